The van der Waals surface area contributed by atoms with Gasteiger partial charge in [-0.2, -0.15) is 0 Å². The SMILES string of the molecule is CCN(CCO)C(CN)c1ccc(Cl)cc1. The Morgan fingerprint density at radius 3 is 2.44 bits per heavy atom. The van der Waals surface area contributed by atoms with E-state index in [9.17, 15) is 0 Å². The van der Waals surface area contributed by atoms with E-state index < -0.39 is 0 Å². The molecule has 4 heteroatoms. The molecule has 90 valence electrons. The van der Waals surface area contributed by atoms with E-state index in [4.69, 9.17) is 22.4 Å². The fourth-order valence-corrected chi connectivity index (χ4v) is 1.97. The Labute approximate surface area is 102 Å². The Morgan fingerprint density at radius 1 is 1.38 bits per heavy atom. The van der Waals surface area contributed by atoms with E-state index in [-0.39, 0.29) is 12.6 Å². The van der Waals surface area contributed by atoms with Crippen LogP contribution >= 0.6 is 11.6 Å². The van der Waals surface area contributed by atoms with Crippen LogP contribution in [0.2, 0.25) is 5.02 Å². The number of benzene rings is 1. The molecule has 1 aromatic rings. The van der Waals surface area contributed by atoms with Crippen molar-refractivity contribution in [3.8, 4) is 0 Å². The highest BCUT2D eigenvalue weighted by atomic mass is 35.5. The lowest BCUT2D eigenvalue weighted by Crippen LogP contribution is -2.35. The zero-order valence-electron chi connectivity index (χ0n) is 9.56. The number of aliphatic hydroxyl groups is 1. The highest BCUT2D eigenvalue weighted by Crippen LogP contribution is 2.21. The van der Waals surface area contributed by atoms with E-state index in [2.05, 4.69) is 11.8 Å². The van der Waals surface area contributed by atoms with Crippen molar-refractivity contribution in [2.24, 2.45) is 5.73 Å². The molecule has 0 bridgehead atoms. The highest BCUT2D eigenvalue weighted by molar-refractivity contribution is 6.30. The second-order valence-electron chi connectivity index (χ2n) is 3.66. The van der Waals surface area contributed by atoms with Crippen molar-refractivity contribution in [2.75, 3.05) is 26.2 Å². The molecule has 0 amide bonds. The standard InChI is InChI=1S/C12H19ClN2O/c1-2-15(7-8-16)12(9-14)10-3-5-11(13)6-4-10/h3-6,12,16H,2,7-9,14H2,1H3. The minimum atomic E-state index is 0.148. The molecule has 1 rings (SSSR count). The third-order valence-corrected chi connectivity index (χ3v) is 2.96. The Kier molecular flexibility index (Phi) is 5.77. The average molecular weight is 243 g/mol. The van der Waals surface area contributed by atoms with Gasteiger partial charge in [-0.15, -0.1) is 0 Å². The van der Waals surface area contributed by atoms with Gasteiger partial charge in [0.2, 0.25) is 0 Å². The summed E-state index contributed by atoms with van der Waals surface area (Å²) >= 11 is 5.85. The minimum Gasteiger partial charge on any atom is -0.395 e. The van der Waals surface area contributed by atoms with Crippen LogP contribution in [0.1, 0.15) is 18.5 Å². The van der Waals surface area contributed by atoms with E-state index in [1.54, 1.807) is 0 Å². The van der Waals surface area contributed by atoms with Crippen LogP contribution in [-0.4, -0.2) is 36.2 Å². The van der Waals surface area contributed by atoms with E-state index in [0.717, 1.165) is 17.1 Å². The Hall–Kier alpha value is -0.610. The highest BCUT2D eigenvalue weighted by Gasteiger charge is 2.16. The lowest BCUT2D eigenvalue weighted by Gasteiger charge is -2.29. The summed E-state index contributed by atoms with van der Waals surface area (Å²) in [6, 6.07) is 7.85. The lowest BCUT2D eigenvalue weighted by atomic mass is 10.1. The number of nitrogens with zero attached hydrogens (tertiary/aromatic N) is 1. The van der Waals surface area contributed by atoms with Crippen LogP contribution in [0, 0.1) is 0 Å². The normalized spacial score (nSPS) is 13.1. The first kappa shape index (κ1) is 13.5. The quantitative estimate of drug-likeness (QED) is 0.798. The average Bonchev–Trinajstić information content (AvgIpc) is 2.31. The fraction of sp³-hybridized carbons (Fsp3) is 0.500. The minimum absolute atomic E-state index is 0.148. The molecule has 16 heavy (non-hydrogen) atoms. The smallest absolute Gasteiger partial charge is 0.0558 e. The molecule has 0 aliphatic heterocycles. The van der Waals surface area contributed by atoms with Gasteiger partial charge in [0.05, 0.1) is 6.61 Å². The van der Waals surface area contributed by atoms with Crippen molar-refractivity contribution >= 4 is 11.6 Å². The van der Waals surface area contributed by atoms with Crippen LogP contribution < -0.4 is 5.73 Å². The van der Waals surface area contributed by atoms with Gasteiger partial charge in [-0.3, -0.25) is 4.90 Å². The van der Waals surface area contributed by atoms with Crippen LogP contribution in [0.25, 0.3) is 0 Å². The van der Waals surface area contributed by atoms with Gasteiger partial charge >= 0.3 is 0 Å². The summed E-state index contributed by atoms with van der Waals surface area (Å²) < 4.78 is 0. The molecule has 3 nitrogen and oxygen atoms in total. The summed E-state index contributed by atoms with van der Waals surface area (Å²) in [5.41, 5.74) is 6.93. The van der Waals surface area contributed by atoms with Gasteiger partial charge in [0.25, 0.3) is 0 Å². The number of rotatable bonds is 6. The van der Waals surface area contributed by atoms with Crippen molar-refractivity contribution in [1.82, 2.24) is 4.90 Å². The van der Waals surface area contributed by atoms with Crippen LogP contribution in [0.3, 0.4) is 0 Å². The zero-order valence-corrected chi connectivity index (χ0v) is 10.3. The third kappa shape index (κ3) is 3.46. The molecule has 1 atom stereocenters. The second kappa shape index (κ2) is 6.86. The Bertz CT molecular complexity index is 302. The lowest BCUT2D eigenvalue weighted by molar-refractivity contribution is 0.160. The Balaban J connectivity index is 2.83. The summed E-state index contributed by atoms with van der Waals surface area (Å²) in [6.07, 6.45) is 0. The molecule has 0 saturated carbocycles. The van der Waals surface area contributed by atoms with E-state index in [1.165, 1.54) is 0 Å². The molecular formula is C12H19ClN2O. The van der Waals surface area contributed by atoms with E-state index in [1.807, 2.05) is 24.3 Å². The maximum Gasteiger partial charge on any atom is 0.0558 e. The van der Waals surface area contributed by atoms with Crippen LogP contribution in [0.4, 0.5) is 0 Å². The van der Waals surface area contributed by atoms with E-state index >= 15 is 0 Å². The maximum atomic E-state index is 9.00. The molecular weight excluding hydrogens is 224 g/mol. The largest absolute Gasteiger partial charge is 0.395 e. The number of hydrogen-bond acceptors (Lipinski definition) is 3. The molecule has 0 aromatic heterocycles. The molecule has 1 unspecified atom stereocenters. The van der Waals surface area contributed by atoms with Gasteiger partial charge < -0.3 is 10.8 Å². The number of hydrogen-bond donors (Lipinski definition) is 2. The van der Waals surface area contributed by atoms with E-state index in [0.29, 0.717) is 13.1 Å². The Morgan fingerprint density at radius 2 is 2.00 bits per heavy atom. The molecule has 0 fully saturated rings. The molecule has 0 aliphatic carbocycles. The third-order valence-electron chi connectivity index (χ3n) is 2.71. The van der Waals surface area contributed by atoms with Crippen molar-refractivity contribution in [3.63, 3.8) is 0 Å². The summed E-state index contributed by atoms with van der Waals surface area (Å²) in [6.45, 7) is 4.26. The molecule has 0 saturated heterocycles. The van der Waals surface area contributed by atoms with Crippen LogP contribution in [-0.2, 0) is 0 Å². The van der Waals surface area contributed by atoms with Gasteiger partial charge in [0, 0.05) is 24.2 Å². The number of halogens is 1. The first-order valence-electron chi connectivity index (χ1n) is 5.53. The number of aliphatic hydroxyl groups excluding tert-OH is 1. The van der Waals surface area contributed by atoms with Gasteiger partial charge in [-0.1, -0.05) is 30.7 Å². The maximum absolute atomic E-state index is 9.00. The second-order valence-corrected chi connectivity index (χ2v) is 4.09. The van der Waals surface area contributed by atoms with Crippen molar-refractivity contribution in [1.29, 1.82) is 0 Å². The molecule has 1 aromatic carbocycles. The topological polar surface area (TPSA) is 49.5 Å². The van der Waals surface area contributed by atoms with Gasteiger partial charge in [-0.05, 0) is 24.2 Å². The van der Waals surface area contributed by atoms with Crippen LogP contribution in [0.5, 0.6) is 0 Å². The predicted octanol–water partition coefficient (Wildman–Crippen LogP) is 1.65. The van der Waals surface area contributed by atoms with Crippen LogP contribution in [0.15, 0.2) is 24.3 Å². The van der Waals surface area contributed by atoms with Gasteiger partial charge in [-0.25, -0.2) is 0 Å². The summed E-state index contributed by atoms with van der Waals surface area (Å²) in [7, 11) is 0. The van der Waals surface area contributed by atoms with Crippen molar-refractivity contribution in [3.05, 3.63) is 34.9 Å². The number of nitrogens with two attached hydrogens (primary N) is 1. The first-order valence-corrected chi connectivity index (χ1v) is 5.91. The molecule has 3 N–H and O–H groups in total. The predicted molar refractivity (Wildman–Crippen MR) is 67.6 cm³/mol. The van der Waals surface area contributed by atoms with Crippen molar-refractivity contribution < 1.29 is 5.11 Å². The molecule has 0 aliphatic rings. The fourth-order valence-electron chi connectivity index (χ4n) is 1.84. The molecule has 0 heterocycles. The van der Waals surface area contributed by atoms with Gasteiger partial charge in [0.1, 0.15) is 0 Å². The molecule has 0 spiro atoms. The first-order chi connectivity index (χ1) is 7.72. The molecule has 0 radical (unpaired) electrons. The zero-order chi connectivity index (χ0) is 12.0. The van der Waals surface area contributed by atoms with Gasteiger partial charge in [0.15, 0.2) is 0 Å². The summed E-state index contributed by atoms with van der Waals surface area (Å²) in [4.78, 5) is 2.16. The number of likely N-dealkylation sites (N-methyl/N-ethyl adjacent to an activating group) is 1. The van der Waals surface area contributed by atoms with Crippen molar-refractivity contribution in [2.45, 2.75) is 13.0 Å². The monoisotopic (exact) mass is 242 g/mol. The summed E-state index contributed by atoms with van der Waals surface area (Å²) in [5.74, 6) is 0. The summed E-state index contributed by atoms with van der Waals surface area (Å²) in [5, 5.41) is 9.73.